The smallest absolute Gasteiger partial charge is 0.277 e. The van der Waals surface area contributed by atoms with Crippen LogP contribution in [0, 0.1) is 6.92 Å². The highest BCUT2D eigenvalue weighted by Crippen LogP contribution is 2.34. The fourth-order valence-corrected chi connectivity index (χ4v) is 4.18. The number of benzene rings is 2. The number of thioether (sulfide) groups is 1. The topological polar surface area (TPSA) is 81.2 Å². The fraction of sp³-hybridized carbons (Fsp3) is 0.0952. The molecule has 6 nitrogen and oxygen atoms in total. The van der Waals surface area contributed by atoms with E-state index in [1.54, 1.807) is 24.1 Å². The van der Waals surface area contributed by atoms with Crippen molar-refractivity contribution in [2.24, 2.45) is 0 Å². The molecule has 4 aromatic rings. The average Bonchev–Trinajstić information content (AvgIpc) is 3.38. The molecule has 9 heteroatoms. The van der Waals surface area contributed by atoms with Crippen LogP contribution in [0.5, 0.6) is 0 Å². The minimum atomic E-state index is -0.164. The van der Waals surface area contributed by atoms with E-state index in [0.29, 0.717) is 21.9 Å². The number of nitrogens with one attached hydrogen (secondary N) is 1. The summed E-state index contributed by atoms with van der Waals surface area (Å²) >= 11 is 8.68. The standard InChI is InChI=1S/C21H16ClN3O3S2/c1-13-16(10-11-27-13)20-24-25-21(28-20)29-12-19(26)23-17-4-2-3-5-18(17)30-15-8-6-14(22)7-9-15/h2-11H,12H2,1H3,(H,23,26). The molecule has 1 amide bonds. The van der Waals surface area contributed by atoms with E-state index in [2.05, 4.69) is 15.5 Å². The maximum atomic E-state index is 12.5. The number of hydrogen-bond donors (Lipinski definition) is 1. The Morgan fingerprint density at radius 3 is 2.67 bits per heavy atom. The molecule has 0 aliphatic rings. The largest absolute Gasteiger partial charge is 0.469 e. The molecule has 30 heavy (non-hydrogen) atoms. The lowest BCUT2D eigenvalue weighted by Crippen LogP contribution is -2.14. The molecule has 4 rings (SSSR count). The molecular weight excluding hydrogens is 442 g/mol. The summed E-state index contributed by atoms with van der Waals surface area (Å²) in [5.74, 6) is 1.05. The van der Waals surface area contributed by atoms with E-state index >= 15 is 0 Å². The van der Waals surface area contributed by atoms with E-state index in [0.717, 1.165) is 21.0 Å². The number of carbonyl (C=O) groups excluding carboxylic acids is 1. The van der Waals surface area contributed by atoms with Gasteiger partial charge in [-0.1, -0.05) is 47.3 Å². The molecule has 1 N–H and O–H groups in total. The predicted octanol–water partition coefficient (Wildman–Crippen LogP) is 6.17. The van der Waals surface area contributed by atoms with Crippen molar-refractivity contribution < 1.29 is 13.6 Å². The first-order valence-electron chi connectivity index (χ1n) is 8.91. The Hall–Kier alpha value is -2.68. The Morgan fingerprint density at radius 1 is 1.10 bits per heavy atom. The lowest BCUT2D eigenvalue weighted by molar-refractivity contribution is -0.113. The minimum absolute atomic E-state index is 0.145. The molecule has 0 saturated heterocycles. The van der Waals surface area contributed by atoms with Crippen LogP contribution in [0.15, 0.2) is 84.7 Å². The van der Waals surface area contributed by atoms with Crippen LogP contribution in [0.3, 0.4) is 0 Å². The summed E-state index contributed by atoms with van der Waals surface area (Å²) < 4.78 is 10.9. The van der Waals surface area contributed by atoms with Gasteiger partial charge in [-0.3, -0.25) is 4.79 Å². The van der Waals surface area contributed by atoms with E-state index in [1.165, 1.54) is 11.8 Å². The van der Waals surface area contributed by atoms with Crippen LogP contribution in [0.4, 0.5) is 5.69 Å². The summed E-state index contributed by atoms with van der Waals surface area (Å²) in [5, 5.41) is 11.9. The number of amides is 1. The second-order valence-electron chi connectivity index (χ2n) is 6.15. The van der Waals surface area contributed by atoms with Gasteiger partial charge in [0.05, 0.1) is 23.3 Å². The molecule has 0 radical (unpaired) electrons. The van der Waals surface area contributed by atoms with E-state index in [1.807, 2.05) is 55.5 Å². The lowest BCUT2D eigenvalue weighted by atomic mass is 10.3. The number of nitrogens with zero attached hydrogens (tertiary/aromatic N) is 2. The third-order valence-corrected chi connectivity index (χ3v) is 6.18. The maximum Gasteiger partial charge on any atom is 0.277 e. The third kappa shape index (κ3) is 5.08. The molecule has 0 bridgehead atoms. The van der Waals surface area contributed by atoms with Gasteiger partial charge in [-0.2, -0.15) is 0 Å². The third-order valence-electron chi connectivity index (χ3n) is 4.03. The van der Waals surface area contributed by atoms with Crippen molar-refractivity contribution in [3.8, 4) is 11.5 Å². The Balaban J connectivity index is 1.37. The Morgan fingerprint density at radius 2 is 1.90 bits per heavy atom. The average molecular weight is 458 g/mol. The predicted molar refractivity (Wildman–Crippen MR) is 118 cm³/mol. The van der Waals surface area contributed by atoms with Crippen molar-refractivity contribution in [3.05, 3.63) is 71.6 Å². The summed E-state index contributed by atoms with van der Waals surface area (Å²) in [7, 11) is 0. The van der Waals surface area contributed by atoms with Gasteiger partial charge in [-0.25, -0.2) is 0 Å². The van der Waals surface area contributed by atoms with Gasteiger partial charge >= 0.3 is 0 Å². The molecule has 2 aromatic heterocycles. The van der Waals surface area contributed by atoms with Gasteiger partial charge in [-0.15, -0.1) is 10.2 Å². The highest BCUT2D eigenvalue weighted by atomic mass is 35.5. The minimum Gasteiger partial charge on any atom is -0.469 e. The van der Waals surface area contributed by atoms with E-state index in [-0.39, 0.29) is 11.7 Å². The van der Waals surface area contributed by atoms with E-state index < -0.39 is 0 Å². The van der Waals surface area contributed by atoms with E-state index in [9.17, 15) is 4.79 Å². The summed E-state index contributed by atoms with van der Waals surface area (Å²) in [6, 6.07) is 17.0. The number of aryl methyl sites for hydroxylation is 1. The molecule has 0 spiro atoms. The first kappa shape index (κ1) is 20.6. The number of rotatable bonds is 7. The van der Waals surface area contributed by atoms with E-state index in [4.69, 9.17) is 20.4 Å². The van der Waals surface area contributed by atoms with Crippen LogP contribution in [-0.4, -0.2) is 21.9 Å². The monoisotopic (exact) mass is 457 g/mol. The Labute approximate surface area is 186 Å². The number of carbonyl (C=O) groups is 1. The number of halogens is 1. The van der Waals surface area contributed by atoms with Gasteiger partial charge in [0.15, 0.2) is 0 Å². The van der Waals surface area contributed by atoms with Crippen molar-refractivity contribution in [2.45, 2.75) is 21.9 Å². The van der Waals surface area contributed by atoms with Crippen LogP contribution in [0.2, 0.25) is 5.02 Å². The lowest BCUT2D eigenvalue weighted by Gasteiger charge is -2.10. The second kappa shape index (κ2) is 9.42. The van der Waals surface area contributed by atoms with Crippen LogP contribution in [-0.2, 0) is 4.79 Å². The summed E-state index contributed by atoms with van der Waals surface area (Å²) in [4.78, 5) is 14.4. The first-order valence-corrected chi connectivity index (χ1v) is 11.1. The zero-order valence-corrected chi connectivity index (χ0v) is 18.2. The van der Waals surface area contributed by atoms with Gasteiger partial charge in [-0.05, 0) is 49.4 Å². The van der Waals surface area contributed by atoms with Crippen LogP contribution >= 0.6 is 35.1 Å². The molecule has 0 aliphatic heterocycles. The van der Waals surface area contributed by atoms with Crippen LogP contribution in [0.1, 0.15) is 5.76 Å². The van der Waals surface area contributed by atoms with Crippen molar-refractivity contribution >= 4 is 46.7 Å². The molecule has 0 atom stereocenters. The molecule has 0 saturated carbocycles. The number of aromatic nitrogens is 2. The van der Waals surface area contributed by atoms with Crippen molar-refractivity contribution in [1.29, 1.82) is 0 Å². The van der Waals surface area contributed by atoms with Crippen molar-refractivity contribution in [3.63, 3.8) is 0 Å². The quantitative estimate of drug-likeness (QED) is 0.332. The van der Waals surface area contributed by atoms with Crippen molar-refractivity contribution in [2.75, 3.05) is 11.1 Å². The molecule has 2 heterocycles. The highest BCUT2D eigenvalue weighted by Gasteiger charge is 2.15. The second-order valence-corrected chi connectivity index (χ2v) is 8.63. The highest BCUT2D eigenvalue weighted by molar-refractivity contribution is 8.00. The van der Waals surface area contributed by atoms with Crippen LogP contribution in [0.25, 0.3) is 11.5 Å². The summed E-state index contributed by atoms with van der Waals surface area (Å²) in [6.45, 7) is 1.82. The zero-order valence-electron chi connectivity index (χ0n) is 15.8. The molecule has 0 fully saturated rings. The Kier molecular flexibility index (Phi) is 6.47. The molecule has 0 unspecified atom stereocenters. The molecule has 2 aromatic carbocycles. The normalized spacial score (nSPS) is 10.9. The van der Waals surface area contributed by atoms with Crippen LogP contribution < -0.4 is 5.32 Å². The van der Waals surface area contributed by atoms with Gasteiger partial charge < -0.3 is 14.2 Å². The Bertz CT molecular complexity index is 1160. The number of anilines is 1. The SMILES string of the molecule is Cc1occc1-c1nnc(SCC(=O)Nc2ccccc2Sc2ccc(Cl)cc2)o1. The molecule has 0 aliphatic carbocycles. The van der Waals surface area contributed by atoms with Gasteiger partial charge in [0.25, 0.3) is 11.1 Å². The fourth-order valence-electron chi connectivity index (χ4n) is 2.59. The van der Waals surface area contributed by atoms with Gasteiger partial charge in [0.1, 0.15) is 5.76 Å². The van der Waals surface area contributed by atoms with Gasteiger partial charge in [0.2, 0.25) is 5.91 Å². The number of para-hydroxylation sites is 1. The van der Waals surface area contributed by atoms with Gasteiger partial charge in [0, 0.05) is 14.8 Å². The summed E-state index contributed by atoms with van der Waals surface area (Å²) in [6.07, 6.45) is 1.56. The maximum absolute atomic E-state index is 12.5. The molecule has 152 valence electrons. The number of hydrogen-bond acceptors (Lipinski definition) is 7. The number of furan rings is 1. The molecular formula is C21H16ClN3O3S2. The first-order chi connectivity index (χ1) is 14.6. The van der Waals surface area contributed by atoms with Crippen molar-refractivity contribution in [1.82, 2.24) is 10.2 Å². The summed E-state index contributed by atoms with van der Waals surface area (Å²) in [5.41, 5.74) is 1.48. The zero-order chi connectivity index (χ0) is 20.9.